The lowest BCUT2D eigenvalue weighted by molar-refractivity contribution is -0.223. The Morgan fingerprint density at radius 2 is 1.59 bits per heavy atom. The number of fused-ring (bicyclic) bond motifs is 1. The van der Waals surface area contributed by atoms with Gasteiger partial charge >= 0.3 is 5.97 Å². The minimum absolute atomic E-state index is 0.0973. The monoisotopic (exact) mass is 395 g/mol. The summed E-state index contributed by atoms with van der Waals surface area (Å²) in [6, 6.07) is 19.5. The average molecular weight is 395 g/mol. The number of carbonyl (C=O) groups excluding carboxylic acids is 1. The number of carbonyl (C=O) groups is 1. The van der Waals surface area contributed by atoms with E-state index in [0.29, 0.717) is 13.2 Å². The van der Waals surface area contributed by atoms with Crippen molar-refractivity contribution in [2.45, 2.75) is 43.9 Å². The molecule has 0 saturated carbocycles. The van der Waals surface area contributed by atoms with E-state index in [2.05, 4.69) is 24.3 Å². The standard InChI is InChI=1S/C23H25NO5/c1-23(2)27-14-18(28-23)21-17-13-26-22(25)20(17)24(29-21)19(15-9-5-3-6-10-15)16-11-7-4-8-12-16/h3-12,17-21H,13-14H2,1-2H3/t17-,18-,20-,21+/m1/s1. The van der Waals surface area contributed by atoms with E-state index in [1.807, 2.05) is 55.3 Å². The van der Waals surface area contributed by atoms with Crippen LogP contribution in [0.2, 0.25) is 0 Å². The molecule has 0 aliphatic carbocycles. The smallest absolute Gasteiger partial charge is 0.326 e. The first-order valence-electron chi connectivity index (χ1n) is 10.1. The predicted octanol–water partition coefficient (Wildman–Crippen LogP) is 3.08. The lowest BCUT2D eigenvalue weighted by Gasteiger charge is -2.31. The molecule has 0 amide bonds. The molecule has 2 aromatic carbocycles. The number of cyclic esters (lactones) is 1. The van der Waals surface area contributed by atoms with Crippen molar-refractivity contribution >= 4 is 5.97 Å². The van der Waals surface area contributed by atoms with Crippen molar-refractivity contribution in [3.05, 3.63) is 71.8 Å². The van der Waals surface area contributed by atoms with E-state index >= 15 is 0 Å². The van der Waals surface area contributed by atoms with Gasteiger partial charge in [-0.25, -0.2) is 0 Å². The van der Waals surface area contributed by atoms with Crippen molar-refractivity contribution in [3.63, 3.8) is 0 Å². The van der Waals surface area contributed by atoms with Gasteiger partial charge in [-0.1, -0.05) is 60.7 Å². The van der Waals surface area contributed by atoms with E-state index < -0.39 is 11.8 Å². The van der Waals surface area contributed by atoms with Gasteiger partial charge in [0.05, 0.1) is 25.2 Å². The molecule has 3 saturated heterocycles. The van der Waals surface area contributed by atoms with E-state index in [9.17, 15) is 4.79 Å². The minimum atomic E-state index is -0.654. The number of hydrogen-bond acceptors (Lipinski definition) is 6. The van der Waals surface area contributed by atoms with E-state index in [-0.39, 0.29) is 30.1 Å². The molecule has 3 heterocycles. The Hall–Kier alpha value is -2.25. The van der Waals surface area contributed by atoms with Crippen molar-refractivity contribution < 1.29 is 23.8 Å². The molecule has 6 heteroatoms. The number of esters is 1. The van der Waals surface area contributed by atoms with Crippen molar-refractivity contribution in [2.75, 3.05) is 13.2 Å². The number of ether oxygens (including phenoxy) is 3. The maximum Gasteiger partial charge on any atom is 0.326 e. The first-order valence-corrected chi connectivity index (χ1v) is 10.1. The van der Waals surface area contributed by atoms with Crippen LogP contribution in [0.1, 0.15) is 31.0 Å². The zero-order valence-corrected chi connectivity index (χ0v) is 16.6. The van der Waals surface area contributed by atoms with Crippen molar-refractivity contribution in [2.24, 2.45) is 5.92 Å². The highest BCUT2D eigenvalue weighted by molar-refractivity contribution is 5.78. The van der Waals surface area contributed by atoms with E-state index in [0.717, 1.165) is 11.1 Å². The number of hydroxylamine groups is 2. The summed E-state index contributed by atoms with van der Waals surface area (Å²) in [5.74, 6) is -0.994. The van der Waals surface area contributed by atoms with Crippen LogP contribution in [-0.4, -0.2) is 48.3 Å². The molecule has 0 spiro atoms. The molecular formula is C23H25NO5. The summed E-state index contributed by atoms with van der Waals surface area (Å²) in [7, 11) is 0. The zero-order chi connectivity index (χ0) is 20.0. The molecule has 0 radical (unpaired) electrons. The van der Waals surface area contributed by atoms with Crippen LogP contribution in [0.3, 0.4) is 0 Å². The average Bonchev–Trinajstić information content (AvgIpc) is 3.39. The van der Waals surface area contributed by atoms with Crippen molar-refractivity contribution in [1.82, 2.24) is 5.06 Å². The number of rotatable bonds is 4. The Balaban J connectivity index is 1.53. The van der Waals surface area contributed by atoms with Crippen LogP contribution >= 0.6 is 0 Å². The van der Waals surface area contributed by atoms with Crippen LogP contribution in [0.15, 0.2) is 60.7 Å². The van der Waals surface area contributed by atoms with E-state index in [4.69, 9.17) is 19.0 Å². The lowest BCUT2D eigenvalue weighted by Crippen LogP contribution is -2.38. The van der Waals surface area contributed by atoms with Crippen LogP contribution in [-0.2, 0) is 23.8 Å². The topological polar surface area (TPSA) is 57.2 Å². The van der Waals surface area contributed by atoms with Gasteiger partial charge in [0, 0.05) is 0 Å². The summed E-state index contributed by atoms with van der Waals surface area (Å²) >= 11 is 0. The molecule has 3 aliphatic heterocycles. The van der Waals surface area contributed by atoms with Gasteiger partial charge in [0.2, 0.25) is 0 Å². The second kappa shape index (κ2) is 7.22. The molecular weight excluding hydrogens is 370 g/mol. The number of benzene rings is 2. The molecule has 3 fully saturated rings. The molecule has 4 atom stereocenters. The summed E-state index contributed by atoms with van der Waals surface area (Å²) in [5.41, 5.74) is 2.11. The number of nitrogens with zero attached hydrogens (tertiary/aromatic N) is 1. The number of hydrogen-bond donors (Lipinski definition) is 0. The van der Waals surface area contributed by atoms with Gasteiger partial charge in [0.25, 0.3) is 0 Å². The minimum Gasteiger partial charge on any atom is -0.464 e. The molecule has 0 aromatic heterocycles. The van der Waals surface area contributed by atoms with Crippen LogP contribution < -0.4 is 0 Å². The largest absolute Gasteiger partial charge is 0.464 e. The van der Waals surface area contributed by atoms with Gasteiger partial charge in [-0.3, -0.25) is 9.63 Å². The van der Waals surface area contributed by atoms with E-state index in [1.165, 1.54) is 0 Å². The lowest BCUT2D eigenvalue weighted by atomic mass is 9.92. The molecule has 6 nitrogen and oxygen atoms in total. The van der Waals surface area contributed by atoms with Gasteiger partial charge in [0.1, 0.15) is 18.2 Å². The van der Waals surface area contributed by atoms with Gasteiger partial charge in [-0.05, 0) is 25.0 Å². The fraction of sp³-hybridized carbons (Fsp3) is 0.435. The summed E-state index contributed by atoms with van der Waals surface area (Å²) in [4.78, 5) is 19.2. The Morgan fingerprint density at radius 1 is 0.966 bits per heavy atom. The molecule has 0 N–H and O–H groups in total. The predicted molar refractivity (Wildman–Crippen MR) is 105 cm³/mol. The third kappa shape index (κ3) is 3.36. The zero-order valence-electron chi connectivity index (χ0n) is 16.6. The molecule has 5 rings (SSSR count). The quantitative estimate of drug-likeness (QED) is 0.742. The highest BCUT2D eigenvalue weighted by Gasteiger charge is 2.58. The second-order valence-corrected chi connectivity index (χ2v) is 8.26. The van der Waals surface area contributed by atoms with Gasteiger partial charge in [0.15, 0.2) is 5.79 Å². The molecule has 29 heavy (non-hydrogen) atoms. The SMILES string of the molecule is CC1(C)OC[C@H]([C@H]2ON(C(c3ccccc3)c3ccccc3)[C@H]3C(=O)OC[C@@H]23)O1. The van der Waals surface area contributed by atoms with Crippen molar-refractivity contribution in [1.29, 1.82) is 0 Å². The summed E-state index contributed by atoms with van der Waals surface area (Å²) < 4.78 is 17.3. The highest BCUT2D eigenvalue weighted by atomic mass is 16.8. The van der Waals surface area contributed by atoms with Crippen LogP contribution in [0, 0.1) is 5.92 Å². The van der Waals surface area contributed by atoms with E-state index in [1.54, 1.807) is 0 Å². The first-order chi connectivity index (χ1) is 14.0. The third-order valence-electron chi connectivity index (χ3n) is 5.89. The van der Waals surface area contributed by atoms with Crippen LogP contribution in [0.25, 0.3) is 0 Å². The molecule has 2 aromatic rings. The normalized spacial score (nSPS) is 31.2. The molecule has 152 valence electrons. The fourth-order valence-corrected chi connectivity index (χ4v) is 4.58. The Morgan fingerprint density at radius 3 is 2.14 bits per heavy atom. The second-order valence-electron chi connectivity index (χ2n) is 8.26. The first kappa shape index (κ1) is 18.8. The third-order valence-corrected chi connectivity index (χ3v) is 5.89. The van der Waals surface area contributed by atoms with Gasteiger partial charge in [-0.2, -0.15) is 5.06 Å². The summed E-state index contributed by atoms with van der Waals surface area (Å²) in [6.45, 7) is 4.56. The Kier molecular flexibility index (Phi) is 4.67. The van der Waals surface area contributed by atoms with Gasteiger partial charge in [-0.15, -0.1) is 0 Å². The van der Waals surface area contributed by atoms with Crippen molar-refractivity contribution in [3.8, 4) is 0 Å². The van der Waals surface area contributed by atoms with Crippen LogP contribution in [0.4, 0.5) is 0 Å². The van der Waals surface area contributed by atoms with Crippen LogP contribution in [0.5, 0.6) is 0 Å². The Labute approximate surface area is 170 Å². The molecule has 0 bridgehead atoms. The van der Waals surface area contributed by atoms with Gasteiger partial charge < -0.3 is 14.2 Å². The summed E-state index contributed by atoms with van der Waals surface area (Å²) in [6.07, 6.45) is -0.549. The molecule has 3 aliphatic rings. The maximum atomic E-state index is 12.7. The molecule has 0 unspecified atom stereocenters. The summed E-state index contributed by atoms with van der Waals surface area (Å²) in [5, 5.41) is 1.82. The Bertz CT molecular complexity index is 832. The fourth-order valence-electron chi connectivity index (χ4n) is 4.58. The highest BCUT2D eigenvalue weighted by Crippen LogP contribution is 2.44. The maximum absolute atomic E-state index is 12.7.